The van der Waals surface area contributed by atoms with Crippen LogP contribution in [0.1, 0.15) is 26.6 Å². The summed E-state index contributed by atoms with van der Waals surface area (Å²) in [6, 6.07) is 5.21. The first-order valence-corrected chi connectivity index (χ1v) is 6.39. The highest BCUT2D eigenvalue weighted by Crippen LogP contribution is 2.17. The minimum atomic E-state index is -0.368. The molecule has 0 atom stereocenters. The summed E-state index contributed by atoms with van der Waals surface area (Å²) in [5.41, 5.74) is 8.53. The van der Waals surface area contributed by atoms with Gasteiger partial charge < -0.3 is 10.5 Å². The maximum Gasteiger partial charge on any atom is 0.338 e. The molecule has 0 aliphatic carbocycles. The highest BCUT2D eigenvalue weighted by molar-refractivity contribution is 7.09. The van der Waals surface area contributed by atoms with Crippen LogP contribution in [0.4, 0.5) is 5.69 Å². The van der Waals surface area contributed by atoms with Gasteiger partial charge in [-0.2, -0.15) is 0 Å². The normalized spacial score (nSPS) is 10.3. The third-order valence-corrected chi connectivity index (χ3v) is 3.53. The zero-order valence-corrected chi connectivity index (χ0v) is 11.1. The summed E-state index contributed by atoms with van der Waals surface area (Å²) < 4.78 is 5.22. The van der Waals surface area contributed by atoms with Gasteiger partial charge in [-0.15, -0.1) is 11.3 Å². The van der Waals surface area contributed by atoms with Crippen LogP contribution in [-0.4, -0.2) is 11.0 Å². The first-order chi connectivity index (χ1) is 8.58. The first-order valence-electron chi connectivity index (χ1n) is 5.51. The number of aryl methyl sites for hydroxylation is 1. The van der Waals surface area contributed by atoms with Crippen molar-refractivity contribution in [1.82, 2.24) is 4.98 Å². The summed E-state index contributed by atoms with van der Waals surface area (Å²) in [6.07, 6.45) is 0. The minimum absolute atomic E-state index is 0.200. The van der Waals surface area contributed by atoms with Crippen LogP contribution in [-0.2, 0) is 11.3 Å². The van der Waals surface area contributed by atoms with Crippen LogP contribution in [0.3, 0.4) is 0 Å². The molecule has 1 aromatic carbocycles. The summed E-state index contributed by atoms with van der Waals surface area (Å²) in [5, 5.41) is 2.72. The summed E-state index contributed by atoms with van der Waals surface area (Å²) >= 11 is 1.48. The van der Waals surface area contributed by atoms with Crippen molar-refractivity contribution in [1.29, 1.82) is 0 Å². The molecule has 0 saturated heterocycles. The minimum Gasteiger partial charge on any atom is -0.455 e. The number of ether oxygens (including phenoxy) is 1. The predicted octanol–water partition coefficient (Wildman–Crippen LogP) is 2.70. The smallest absolute Gasteiger partial charge is 0.338 e. The molecule has 0 spiro atoms. The zero-order chi connectivity index (χ0) is 13.1. The number of nitrogen functional groups attached to an aromatic ring is 1. The molecule has 2 N–H and O–H groups in total. The highest BCUT2D eigenvalue weighted by Gasteiger charge is 2.12. The second-order valence-corrected chi connectivity index (χ2v) is 4.92. The Morgan fingerprint density at radius 2 is 2.22 bits per heavy atom. The van der Waals surface area contributed by atoms with Gasteiger partial charge in [-0.25, -0.2) is 9.78 Å². The van der Waals surface area contributed by atoms with Crippen LogP contribution in [0.25, 0.3) is 0 Å². The number of esters is 1. The molecule has 2 rings (SSSR count). The molecule has 0 saturated carbocycles. The number of anilines is 1. The van der Waals surface area contributed by atoms with Crippen LogP contribution >= 0.6 is 11.3 Å². The Balaban J connectivity index is 2.06. The quantitative estimate of drug-likeness (QED) is 0.682. The lowest BCUT2D eigenvalue weighted by molar-refractivity contribution is 0.0471. The Morgan fingerprint density at radius 1 is 1.44 bits per heavy atom. The maximum atomic E-state index is 11.9. The number of carbonyl (C=O) groups is 1. The average Bonchev–Trinajstić information content (AvgIpc) is 2.76. The fourth-order valence-corrected chi connectivity index (χ4v) is 2.23. The number of aromatic nitrogens is 1. The Hall–Kier alpha value is -1.88. The van der Waals surface area contributed by atoms with Gasteiger partial charge in [0.25, 0.3) is 0 Å². The van der Waals surface area contributed by atoms with E-state index in [0.29, 0.717) is 11.3 Å². The molecule has 94 valence electrons. The number of thiazole rings is 1. The summed E-state index contributed by atoms with van der Waals surface area (Å²) in [4.78, 5) is 16.1. The van der Waals surface area contributed by atoms with Crippen molar-refractivity contribution < 1.29 is 9.53 Å². The van der Waals surface area contributed by atoms with E-state index in [2.05, 4.69) is 4.98 Å². The monoisotopic (exact) mass is 262 g/mol. The topological polar surface area (TPSA) is 65.2 Å². The van der Waals surface area contributed by atoms with Crippen molar-refractivity contribution in [3.8, 4) is 0 Å². The van der Waals surface area contributed by atoms with E-state index < -0.39 is 0 Å². The predicted molar refractivity (Wildman–Crippen MR) is 71.6 cm³/mol. The summed E-state index contributed by atoms with van der Waals surface area (Å²) in [6.45, 7) is 3.91. The molecule has 2 aromatic rings. The molecule has 0 radical (unpaired) electrons. The van der Waals surface area contributed by atoms with Gasteiger partial charge in [-0.05, 0) is 31.5 Å². The van der Waals surface area contributed by atoms with Gasteiger partial charge in [0.1, 0.15) is 11.6 Å². The van der Waals surface area contributed by atoms with Crippen molar-refractivity contribution in [3.63, 3.8) is 0 Å². The molecule has 18 heavy (non-hydrogen) atoms. The molecule has 4 nitrogen and oxygen atoms in total. The molecule has 0 fully saturated rings. The van der Waals surface area contributed by atoms with Gasteiger partial charge in [0.2, 0.25) is 0 Å². The van der Waals surface area contributed by atoms with Crippen LogP contribution < -0.4 is 5.73 Å². The lowest BCUT2D eigenvalue weighted by Crippen LogP contribution is -2.08. The molecule has 0 bridgehead atoms. The number of nitrogens with two attached hydrogens (primary N) is 1. The van der Waals surface area contributed by atoms with Gasteiger partial charge in [0.15, 0.2) is 0 Å². The Bertz CT molecular complexity index is 578. The van der Waals surface area contributed by atoms with Crippen molar-refractivity contribution in [2.45, 2.75) is 20.5 Å². The van der Waals surface area contributed by atoms with Gasteiger partial charge in [0, 0.05) is 16.8 Å². The first kappa shape index (κ1) is 12.6. The van der Waals surface area contributed by atoms with Crippen molar-refractivity contribution in [3.05, 3.63) is 45.4 Å². The van der Waals surface area contributed by atoms with Crippen LogP contribution in [0.2, 0.25) is 0 Å². The molecule has 1 heterocycles. The summed E-state index contributed by atoms with van der Waals surface area (Å²) in [5.74, 6) is -0.368. The lowest BCUT2D eigenvalue weighted by Gasteiger charge is -2.07. The zero-order valence-electron chi connectivity index (χ0n) is 10.3. The van der Waals surface area contributed by atoms with Gasteiger partial charge in [-0.1, -0.05) is 6.07 Å². The number of rotatable bonds is 3. The summed E-state index contributed by atoms with van der Waals surface area (Å²) in [7, 11) is 0. The Morgan fingerprint density at radius 3 is 2.89 bits per heavy atom. The molecule has 0 amide bonds. The van der Waals surface area contributed by atoms with Gasteiger partial charge in [-0.3, -0.25) is 0 Å². The van der Waals surface area contributed by atoms with E-state index in [9.17, 15) is 4.79 Å². The molecular weight excluding hydrogens is 248 g/mol. The van der Waals surface area contributed by atoms with Crippen LogP contribution in [0, 0.1) is 13.8 Å². The van der Waals surface area contributed by atoms with Crippen molar-refractivity contribution in [2.75, 3.05) is 5.73 Å². The fourth-order valence-electron chi connectivity index (χ4n) is 1.55. The number of carbonyl (C=O) groups excluding carboxylic acids is 1. The number of benzene rings is 1. The van der Waals surface area contributed by atoms with E-state index in [4.69, 9.17) is 10.5 Å². The third kappa shape index (κ3) is 2.68. The maximum absolute atomic E-state index is 11.9. The van der Waals surface area contributed by atoms with E-state index in [0.717, 1.165) is 16.3 Å². The Labute approximate surface area is 109 Å². The fraction of sp³-hybridized carbons (Fsp3) is 0.231. The van der Waals surface area contributed by atoms with E-state index in [1.54, 1.807) is 25.1 Å². The molecule has 0 unspecified atom stereocenters. The second-order valence-electron chi connectivity index (χ2n) is 3.98. The number of hydrogen-bond acceptors (Lipinski definition) is 5. The van der Waals surface area contributed by atoms with E-state index in [1.165, 1.54) is 11.3 Å². The number of nitrogens with zero attached hydrogens (tertiary/aromatic N) is 1. The lowest BCUT2D eigenvalue weighted by atomic mass is 10.1. The molecule has 5 heteroatoms. The standard InChI is InChI=1S/C13H14N2O2S/c1-8-7-18-12(15-8)6-17-13(16)10-4-3-5-11(14)9(10)2/h3-5,7H,6,14H2,1-2H3. The average molecular weight is 262 g/mol. The number of hydrogen-bond donors (Lipinski definition) is 1. The van der Waals surface area contributed by atoms with Crippen LogP contribution in [0.5, 0.6) is 0 Å². The van der Waals surface area contributed by atoms with Crippen LogP contribution in [0.15, 0.2) is 23.6 Å². The van der Waals surface area contributed by atoms with Gasteiger partial charge >= 0.3 is 5.97 Å². The van der Waals surface area contributed by atoms with Crippen molar-refractivity contribution in [2.24, 2.45) is 0 Å². The van der Waals surface area contributed by atoms with E-state index in [1.807, 2.05) is 12.3 Å². The molecule has 0 aliphatic rings. The highest BCUT2D eigenvalue weighted by atomic mass is 32.1. The third-order valence-electron chi connectivity index (χ3n) is 2.59. The van der Waals surface area contributed by atoms with Gasteiger partial charge in [0.05, 0.1) is 5.56 Å². The van der Waals surface area contributed by atoms with Crippen molar-refractivity contribution >= 4 is 23.0 Å². The second kappa shape index (κ2) is 5.18. The molecular formula is C13H14N2O2S. The molecule has 0 aliphatic heterocycles. The SMILES string of the molecule is Cc1csc(COC(=O)c2cccc(N)c2C)n1. The van der Waals surface area contributed by atoms with E-state index in [-0.39, 0.29) is 12.6 Å². The molecule has 1 aromatic heterocycles. The Kier molecular flexibility index (Phi) is 3.62. The largest absolute Gasteiger partial charge is 0.455 e. The van der Waals surface area contributed by atoms with E-state index >= 15 is 0 Å².